The Balaban J connectivity index is 2.23. The number of piperidine rings is 1. The summed E-state index contributed by atoms with van der Waals surface area (Å²) in [6, 6.07) is 1.31. The van der Waals surface area contributed by atoms with E-state index in [2.05, 4.69) is 54.0 Å². The molecule has 3 nitrogen and oxygen atoms in total. The summed E-state index contributed by atoms with van der Waals surface area (Å²) in [5.74, 6) is 0. The first-order chi connectivity index (χ1) is 11.0. The van der Waals surface area contributed by atoms with Crippen LogP contribution in [0.2, 0.25) is 0 Å². The van der Waals surface area contributed by atoms with Crippen LogP contribution < -0.4 is 5.32 Å². The lowest BCUT2D eigenvalue weighted by molar-refractivity contribution is -0.146. The van der Waals surface area contributed by atoms with Gasteiger partial charge in [0.1, 0.15) is 5.69 Å². The van der Waals surface area contributed by atoms with Gasteiger partial charge in [0, 0.05) is 17.1 Å². The van der Waals surface area contributed by atoms with E-state index < -0.39 is 11.9 Å². The van der Waals surface area contributed by atoms with Crippen molar-refractivity contribution in [2.45, 2.75) is 57.9 Å². The maximum Gasteiger partial charge on any atom is 0.431 e. The molecule has 24 heavy (non-hydrogen) atoms. The van der Waals surface area contributed by atoms with Crippen molar-refractivity contribution in [1.29, 1.82) is 0 Å². The first kappa shape index (κ1) is 18.3. The largest absolute Gasteiger partial charge is 0.431 e. The van der Waals surface area contributed by atoms with Crippen LogP contribution in [0.15, 0.2) is 10.5 Å². The van der Waals surface area contributed by atoms with Crippen molar-refractivity contribution < 1.29 is 13.2 Å². The van der Waals surface area contributed by atoms with Crippen LogP contribution in [0, 0.1) is 5.41 Å². The Morgan fingerprint density at radius 2 is 1.79 bits per heavy atom. The molecule has 0 aromatic carbocycles. The Morgan fingerprint density at radius 1 is 1.21 bits per heavy atom. The number of nitrogens with one attached hydrogen (secondary N) is 1. The third kappa shape index (κ3) is 2.72. The number of halogens is 4. The highest BCUT2D eigenvalue weighted by molar-refractivity contribution is 9.10. The fraction of sp³-hybridized carbons (Fsp3) is 0.765. The molecule has 3 heterocycles. The molecular weight excluding hydrogens is 383 g/mol. The van der Waals surface area contributed by atoms with Crippen LogP contribution in [-0.2, 0) is 18.3 Å². The molecule has 1 N–H and O–H groups in total. The van der Waals surface area contributed by atoms with Crippen molar-refractivity contribution in [2.24, 2.45) is 5.41 Å². The van der Waals surface area contributed by atoms with E-state index in [-0.39, 0.29) is 17.0 Å². The van der Waals surface area contributed by atoms with Gasteiger partial charge in [0.15, 0.2) is 0 Å². The summed E-state index contributed by atoms with van der Waals surface area (Å²) < 4.78 is 42.9. The zero-order valence-electron chi connectivity index (χ0n) is 14.6. The molecule has 1 atom stereocenters. The summed E-state index contributed by atoms with van der Waals surface area (Å²) in [4.78, 5) is 2.34. The van der Waals surface area contributed by atoms with Gasteiger partial charge >= 0.3 is 6.18 Å². The second-order valence-electron chi connectivity index (χ2n) is 8.11. The predicted molar refractivity (Wildman–Crippen MR) is 91.9 cm³/mol. The predicted octanol–water partition coefficient (Wildman–Crippen LogP) is 4.21. The van der Waals surface area contributed by atoms with Crippen LogP contribution in [0.3, 0.4) is 0 Å². The van der Waals surface area contributed by atoms with Crippen molar-refractivity contribution in [3.63, 3.8) is 0 Å². The molecule has 0 amide bonds. The Kier molecular flexibility index (Phi) is 4.37. The van der Waals surface area contributed by atoms with E-state index in [1.54, 1.807) is 0 Å². The standard InChI is InChI=1S/C17H25BrF3N3/c1-15(2,3)13-10-24-12(17(19,20)21)9-11(18)14(24)16(23(13)4)5-7-22-8-6-16/h9,13,22H,5-8,10H2,1-4H3. The maximum absolute atomic E-state index is 13.6. The van der Waals surface area contributed by atoms with Crippen LogP contribution in [0.1, 0.15) is 45.0 Å². The number of nitrogens with zero attached hydrogens (tertiary/aromatic N) is 2. The van der Waals surface area contributed by atoms with Gasteiger partial charge in [-0.05, 0) is 60.4 Å². The van der Waals surface area contributed by atoms with Gasteiger partial charge in [0.05, 0.1) is 11.2 Å². The molecule has 0 bridgehead atoms. The summed E-state index contributed by atoms with van der Waals surface area (Å²) >= 11 is 3.44. The molecular formula is C17H25BrF3N3. The molecule has 136 valence electrons. The van der Waals surface area contributed by atoms with Gasteiger partial charge in [-0.1, -0.05) is 20.8 Å². The van der Waals surface area contributed by atoms with E-state index in [4.69, 9.17) is 0 Å². The van der Waals surface area contributed by atoms with Crippen molar-refractivity contribution in [3.05, 3.63) is 21.9 Å². The Bertz CT molecular complexity index is 624. The smallest absolute Gasteiger partial charge is 0.337 e. The fourth-order valence-electron chi connectivity index (χ4n) is 4.46. The van der Waals surface area contributed by atoms with Crippen LogP contribution in [0.5, 0.6) is 0 Å². The van der Waals surface area contributed by atoms with Gasteiger partial charge in [-0.25, -0.2) is 0 Å². The summed E-state index contributed by atoms with van der Waals surface area (Å²) in [7, 11) is 2.08. The first-order valence-electron chi connectivity index (χ1n) is 8.39. The summed E-state index contributed by atoms with van der Waals surface area (Å²) in [6.07, 6.45) is -2.71. The second kappa shape index (κ2) is 5.74. The molecule has 1 aromatic heterocycles. The Morgan fingerprint density at radius 3 is 2.29 bits per heavy atom. The topological polar surface area (TPSA) is 20.2 Å². The molecule has 2 aliphatic rings. The Labute approximate surface area is 149 Å². The van der Waals surface area contributed by atoms with Gasteiger partial charge in [-0.3, -0.25) is 4.90 Å². The molecule has 0 saturated carbocycles. The lowest BCUT2D eigenvalue weighted by atomic mass is 9.75. The van der Waals surface area contributed by atoms with Crippen molar-refractivity contribution in [2.75, 3.05) is 20.1 Å². The lowest BCUT2D eigenvalue weighted by Gasteiger charge is -2.55. The van der Waals surface area contributed by atoms with E-state index in [1.165, 1.54) is 10.6 Å². The maximum atomic E-state index is 13.6. The molecule has 1 aromatic rings. The Hall–Kier alpha value is -0.530. The number of hydrogen-bond acceptors (Lipinski definition) is 2. The summed E-state index contributed by atoms with van der Waals surface area (Å²) in [5.41, 5.74) is -0.211. The molecule has 1 spiro atoms. The van der Waals surface area contributed by atoms with Gasteiger partial charge in [0.2, 0.25) is 0 Å². The van der Waals surface area contributed by atoms with Gasteiger partial charge in [0.25, 0.3) is 0 Å². The van der Waals surface area contributed by atoms with Crippen molar-refractivity contribution in [3.8, 4) is 0 Å². The minimum Gasteiger partial charge on any atom is -0.337 e. The van der Waals surface area contributed by atoms with E-state index in [0.29, 0.717) is 11.0 Å². The number of rotatable bonds is 0. The molecule has 7 heteroatoms. The number of aromatic nitrogens is 1. The lowest BCUT2D eigenvalue weighted by Crippen LogP contribution is -2.62. The van der Waals surface area contributed by atoms with E-state index >= 15 is 0 Å². The van der Waals surface area contributed by atoms with Gasteiger partial charge in [-0.2, -0.15) is 13.2 Å². The SMILES string of the molecule is CN1C(C(C)(C)C)Cn2c(C(F)(F)F)cc(Br)c2C12CCNCC2. The summed E-state index contributed by atoms with van der Waals surface area (Å²) in [5, 5.41) is 3.34. The second-order valence-corrected chi connectivity index (χ2v) is 8.96. The molecule has 3 rings (SSSR count). The first-order valence-corrected chi connectivity index (χ1v) is 9.18. The molecule has 1 saturated heterocycles. The minimum absolute atomic E-state index is 0.0449. The molecule has 2 aliphatic heterocycles. The summed E-state index contributed by atoms with van der Waals surface area (Å²) in [6.45, 7) is 8.34. The monoisotopic (exact) mass is 407 g/mol. The zero-order chi connectivity index (χ0) is 17.9. The third-order valence-electron chi connectivity index (χ3n) is 5.71. The quantitative estimate of drug-likeness (QED) is 0.694. The number of likely N-dealkylation sites (N-methyl/N-ethyl adjacent to an activating group) is 1. The van der Waals surface area contributed by atoms with Crippen molar-refractivity contribution >= 4 is 15.9 Å². The van der Waals surface area contributed by atoms with E-state index in [9.17, 15) is 13.2 Å². The van der Waals surface area contributed by atoms with Crippen LogP contribution in [0.4, 0.5) is 13.2 Å². The normalized spacial score (nSPS) is 25.1. The zero-order valence-corrected chi connectivity index (χ0v) is 16.2. The minimum atomic E-state index is -4.34. The molecule has 1 unspecified atom stereocenters. The number of hydrogen-bond donors (Lipinski definition) is 1. The molecule has 0 aliphatic carbocycles. The van der Waals surface area contributed by atoms with E-state index in [1.807, 2.05) is 0 Å². The fourth-order valence-corrected chi connectivity index (χ4v) is 5.26. The van der Waals surface area contributed by atoms with Crippen LogP contribution in [0.25, 0.3) is 0 Å². The van der Waals surface area contributed by atoms with Crippen LogP contribution >= 0.6 is 15.9 Å². The number of fused-ring (bicyclic) bond motifs is 2. The highest BCUT2D eigenvalue weighted by Gasteiger charge is 2.52. The molecule has 0 radical (unpaired) electrons. The van der Waals surface area contributed by atoms with Crippen molar-refractivity contribution in [1.82, 2.24) is 14.8 Å². The van der Waals surface area contributed by atoms with Crippen LogP contribution in [-0.4, -0.2) is 35.6 Å². The van der Waals surface area contributed by atoms with Gasteiger partial charge < -0.3 is 9.88 Å². The molecule has 1 fully saturated rings. The highest BCUT2D eigenvalue weighted by Crippen LogP contribution is 2.50. The average Bonchev–Trinajstić information content (AvgIpc) is 2.80. The van der Waals surface area contributed by atoms with Gasteiger partial charge in [-0.15, -0.1) is 0 Å². The number of alkyl halides is 3. The highest BCUT2D eigenvalue weighted by atomic mass is 79.9. The third-order valence-corrected chi connectivity index (χ3v) is 6.31. The van der Waals surface area contributed by atoms with E-state index in [0.717, 1.165) is 31.6 Å². The average molecular weight is 408 g/mol.